The Morgan fingerprint density at radius 3 is 2.46 bits per heavy atom. The summed E-state index contributed by atoms with van der Waals surface area (Å²) in [6.07, 6.45) is 6.35. The molecule has 5 nitrogen and oxygen atoms in total. The molecule has 0 aromatic heterocycles. The normalized spacial score (nSPS) is 16.1. The minimum atomic E-state index is -3.57. The van der Waals surface area contributed by atoms with Crippen molar-refractivity contribution in [2.45, 2.75) is 43.4 Å². The third-order valence-corrected chi connectivity index (χ3v) is 6.44. The fourth-order valence-electron chi connectivity index (χ4n) is 3.04. The van der Waals surface area contributed by atoms with Gasteiger partial charge in [0.15, 0.2) is 0 Å². The molecule has 0 bridgehead atoms. The van der Waals surface area contributed by atoms with Crippen molar-refractivity contribution in [2.75, 3.05) is 20.1 Å². The Kier molecular flexibility index (Phi) is 7.25. The van der Waals surface area contributed by atoms with Crippen LogP contribution in [0.15, 0.2) is 33.6 Å². The molecule has 0 spiro atoms. The Bertz CT molecular complexity index is 640. The van der Waals surface area contributed by atoms with Crippen LogP contribution in [0.1, 0.15) is 38.5 Å². The monoisotopic (exact) mass is 416 g/mol. The van der Waals surface area contributed by atoms with Crippen LogP contribution in [-0.2, 0) is 14.8 Å². The number of halogens is 1. The van der Waals surface area contributed by atoms with Gasteiger partial charge in [-0.3, -0.25) is 4.79 Å². The number of amides is 1. The van der Waals surface area contributed by atoms with Crippen LogP contribution in [0.3, 0.4) is 0 Å². The predicted molar refractivity (Wildman–Crippen MR) is 98.2 cm³/mol. The van der Waals surface area contributed by atoms with Crippen molar-refractivity contribution in [2.24, 2.45) is 5.92 Å². The molecule has 134 valence electrons. The summed E-state index contributed by atoms with van der Waals surface area (Å²) in [5.74, 6) is 0.575. The summed E-state index contributed by atoms with van der Waals surface area (Å²) in [7, 11) is -1.76. The summed E-state index contributed by atoms with van der Waals surface area (Å²) in [5.41, 5.74) is 0. The molecule has 0 unspecified atom stereocenters. The summed E-state index contributed by atoms with van der Waals surface area (Å²) in [4.78, 5) is 14.1. The second-order valence-electron chi connectivity index (χ2n) is 6.38. The highest BCUT2D eigenvalue weighted by molar-refractivity contribution is 9.10. The van der Waals surface area contributed by atoms with Crippen LogP contribution >= 0.6 is 15.9 Å². The van der Waals surface area contributed by atoms with Crippen molar-refractivity contribution >= 4 is 31.9 Å². The van der Waals surface area contributed by atoms with Gasteiger partial charge < -0.3 is 4.90 Å². The predicted octanol–water partition coefficient (Wildman–Crippen LogP) is 3.16. The van der Waals surface area contributed by atoms with Gasteiger partial charge in [0, 0.05) is 31.0 Å². The second-order valence-corrected chi connectivity index (χ2v) is 9.06. The van der Waals surface area contributed by atoms with E-state index in [1.54, 1.807) is 24.1 Å². The highest BCUT2D eigenvalue weighted by Crippen LogP contribution is 2.24. The number of rotatable bonds is 7. The van der Waals surface area contributed by atoms with E-state index in [9.17, 15) is 13.2 Å². The Morgan fingerprint density at radius 2 is 1.83 bits per heavy atom. The average Bonchev–Trinajstić information content (AvgIpc) is 2.56. The number of hydrogen-bond acceptors (Lipinski definition) is 3. The van der Waals surface area contributed by atoms with Gasteiger partial charge >= 0.3 is 0 Å². The van der Waals surface area contributed by atoms with Gasteiger partial charge in [-0.05, 0) is 43.0 Å². The topological polar surface area (TPSA) is 66.5 Å². The molecule has 0 aliphatic heterocycles. The van der Waals surface area contributed by atoms with Crippen LogP contribution in [0.4, 0.5) is 0 Å². The molecule has 1 fully saturated rings. The van der Waals surface area contributed by atoms with E-state index in [1.165, 1.54) is 44.2 Å². The van der Waals surface area contributed by atoms with Crippen LogP contribution in [0.5, 0.6) is 0 Å². The van der Waals surface area contributed by atoms with E-state index >= 15 is 0 Å². The molecule has 0 heterocycles. The lowest BCUT2D eigenvalue weighted by molar-refractivity contribution is -0.130. The Labute approximate surface area is 153 Å². The van der Waals surface area contributed by atoms with Crippen LogP contribution in [0.25, 0.3) is 0 Å². The first-order valence-corrected chi connectivity index (χ1v) is 10.7. The van der Waals surface area contributed by atoms with Crippen molar-refractivity contribution in [3.05, 3.63) is 28.7 Å². The van der Waals surface area contributed by atoms with E-state index in [-0.39, 0.29) is 23.8 Å². The summed E-state index contributed by atoms with van der Waals surface area (Å²) >= 11 is 3.28. The lowest BCUT2D eigenvalue weighted by atomic mass is 9.89. The van der Waals surface area contributed by atoms with Crippen molar-refractivity contribution in [1.29, 1.82) is 0 Å². The molecule has 0 atom stereocenters. The first kappa shape index (κ1) is 19.4. The van der Waals surface area contributed by atoms with Crippen molar-refractivity contribution < 1.29 is 13.2 Å². The first-order chi connectivity index (χ1) is 11.4. The van der Waals surface area contributed by atoms with Crippen molar-refractivity contribution in [3.8, 4) is 0 Å². The van der Waals surface area contributed by atoms with E-state index in [0.717, 1.165) is 11.0 Å². The summed E-state index contributed by atoms with van der Waals surface area (Å²) < 4.78 is 27.6. The highest BCUT2D eigenvalue weighted by Gasteiger charge is 2.19. The number of hydrogen-bond donors (Lipinski definition) is 1. The lowest BCUT2D eigenvalue weighted by Crippen LogP contribution is -2.35. The van der Waals surface area contributed by atoms with Gasteiger partial charge in [-0.2, -0.15) is 0 Å². The molecule has 1 aromatic rings. The fraction of sp³-hybridized carbons (Fsp3) is 0.588. The molecular formula is C17H25BrN2O3S. The van der Waals surface area contributed by atoms with Crippen LogP contribution < -0.4 is 4.72 Å². The van der Waals surface area contributed by atoms with Gasteiger partial charge in [0.25, 0.3) is 0 Å². The van der Waals surface area contributed by atoms with Crippen molar-refractivity contribution in [1.82, 2.24) is 9.62 Å². The second kappa shape index (κ2) is 8.97. The van der Waals surface area contributed by atoms with E-state index < -0.39 is 10.0 Å². The Morgan fingerprint density at radius 1 is 1.21 bits per heavy atom. The fourth-order valence-corrected chi connectivity index (χ4v) is 4.34. The lowest BCUT2D eigenvalue weighted by Gasteiger charge is -2.27. The van der Waals surface area contributed by atoms with Gasteiger partial charge in [0.05, 0.1) is 4.90 Å². The highest BCUT2D eigenvalue weighted by atomic mass is 79.9. The molecule has 1 aromatic carbocycles. The molecule has 1 saturated carbocycles. The maximum atomic E-state index is 12.2. The molecule has 2 rings (SSSR count). The van der Waals surface area contributed by atoms with Gasteiger partial charge in [0.1, 0.15) is 0 Å². The zero-order valence-electron chi connectivity index (χ0n) is 14.0. The molecule has 0 saturated heterocycles. The summed E-state index contributed by atoms with van der Waals surface area (Å²) in [6, 6.07) is 6.42. The van der Waals surface area contributed by atoms with Gasteiger partial charge in [-0.25, -0.2) is 13.1 Å². The summed E-state index contributed by atoms with van der Waals surface area (Å²) in [5, 5.41) is 0. The van der Waals surface area contributed by atoms with Gasteiger partial charge in [-0.1, -0.05) is 35.2 Å². The van der Waals surface area contributed by atoms with Crippen molar-refractivity contribution in [3.63, 3.8) is 0 Å². The third-order valence-electron chi connectivity index (χ3n) is 4.44. The molecule has 1 aliphatic rings. The average molecular weight is 417 g/mol. The maximum Gasteiger partial charge on any atom is 0.240 e. The molecule has 1 aliphatic carbocycles. The van der Waals surface area contributed by atoms with E-state index in [4.69, 9.17) is 0 Å². The van der Waals surface area contributed by atoms with E-state index in [2.05, 4.69) is 20.7 Å². The molecule has 1 N–H and O–H groups in total. The first-order valence-electron chi connectivity index (χ1n) is 8.37. The maximum absolute atomic E-state index is 12.2. The van der Waals surface area contributed by atoms with Gasteiger partial charge in [0.2, 0.25) is 15.9 Å². The largest absolute Gasteiger partial charge is 0.345 e. The number of carbonyl (C=O) groups excluding carboxylic acids is 1. The number of sulfonamides is 1. The summed E-state index contributed by atoms with van der Waals surface area (Å²) in [6.45, 7) is 0.893. The zero-order chi connectivity index (χ0) is 17.6. The van der Waals surface area contributed by atoms with Crippen LogP contribution in [-0.4, -0.2) is 39.4 Å². The number of nitrogens with one attached hydrogen (secondary N) is 1. The number of nitrogens with zero attached hydrogens (tertiary/aromatic N) is 1. The Hall–Kier alpha value is -0.920. The standard InChI is InChI=1S/C17H25BrN2O3S/c1-20(13-14-5-3-2-4-6-14)17(21)11-12-19-24(22,23)16-9-7-15(18)8-10-16/h7-10,14,19H,2-6,11-13H2,1H3. The molecule has 0 radical (unpaired) electrons. The number of benzene rings is 1. The van der Waals surface area contributed by atoms with Crippen LogP contribution in [0.2, 0.25) is 0 Å². The zero-order valence-corrected chi connectivity index (χ0v) is 16.4. The third kappa shape index (κ3) is 5.86. The van der Waals surface area contributed by atoms with E-state index in [0.29, 0.717) is 5.92 Å². The molecule has 7 heteroatoms. The van der Waals surface area contributed by atoms with Gasteiger partial charge in [-0.15, -0.1) is 0 Å². The molecule has 24 heavy (non-hydrogen) atoms. The minimum absolute atomic E-state index is 0.0147. The number of carbonyl (C=O) groups is 1. The molecular weight excluding hydrogens is 392 g/mol. The Balaban J connectivity index is 1.77. The SMILES string of the molecule is CN(CC1CCCCC1)C(=O)CCNS(=O)(=O)c1ccc(Br)cc1. The molecule has 1 amide bonds. The van der Waals surface area contributed by atoms with Crippen LogP contribution in [0, 0.1) is 5.92 Å². The smallest absolute Gasteiger partial charge is 0.240 e. The minimum Gasteiger partial charge on any atom is -0.345 e. The van der Waals surface area contributed by atoms with E-state index in [1.807, 2.05) is 0 Å². The quantitative estimate of drug-likeness (QED) is 0.741.